The van der Waals surface area contributed by atoms with Gasteiger partial charge < -0.3 is 14.2 Å². The van der Waals surface area contributed by atoms with Crippen LogP contribution < -0.4 is 9.64 Å². The summed E-state index contributed by atoms with van der Waals surface area (Å²) >= 11 is 1.88. The molecule has 0 atom stereocenters. The van der Waals surface area contributed by atoms with Crippen LogP contribution in [-0.4, -0.2) is 11.2 Å². The Morgan fingerprint density at radius 3 is 1.81 bits per heavy atom. The van der Waals surface area contributed by atoms with E-state index in [0.717, 1.165) is 28.5 Å². The van der Waals surface area contributed by atoms with E-state index in [0.29, 0.717) is 6.61 Å². The van der Waals surface area contributed by atoms with Crippen LogP contribution in [0.1, 0.15) is 6.92 Å². The average Bonchev–Trinajstić information content (AvgIpc) is 3.83. The van der Waals surface area contributed by atoms with Gasteiger partial charge >= 0.3 is 0 Å². The lowest BCUT2D eigenvalue weighted by Gasteiger charge is -2.25. The zero-order chi connectivity index (χ0) is 38.6. The Balaban J connectivity index is 1.07. The zero-order valence-electron chi connectivity index (χ0n) is 32.0. The van der Waals surface area contributed by atoms with Gasteiger partial charge in [-0.25, -0.2) is 0 Å². The summed E-state index contributed by atoms with van der Waals surface area (Å²) in [4.78, 5) is 2.29. The van der Waals surface area contributed by atoms with Crippen molar-refractivity contribution in [3.8, 4) is 33.7 Å². The van der Waals surface area contributed by atoms with E-state index in [9.17, 15) is 0 Å². The topological polar surface area (TPSA) is 17.4 Å². The van der Waals surface area contributed by atoms with Crippen LogP contribution in [0, 0.1) is 0 Å². The second kappa shape index (κ2) is 14.1. The molecule has 0 saturated heterocycles. The summed E-state index contributed by atoms with van der Waals surface area (Å²) in [5.74, 6) is 0.872. The van der Waals surface area contributed by atoms with Gasteiger partial charge in [-0.1, -0.05) is 103 Å². The maximum Gasteiger partial charge on any atom is 0.119 e. The first kappa shape index (κ1) is 34.1. The highest BCUT2D eigenvalue weighted by molar-refractivity contribution is 7.26. The lowest BCUT2D eigenvalue weighted by atomic mass is 9.99. The summed E-state index contributed by atoms with van der Waals surface area (Å²) in [5, 5.41) is 7.70. The molecular weight excluding hydrogens is 725 g/mol. The van der Waals surface area contributed by atoms with Gasteiger partial charge in [0.05, 0.1) is 17.6 Å². The molecule has 0 aliphatic rings. The number of hydrogen-bond acceptors (Lipinski definition) is 3. The van der Waals surface area contributed by atoms with E-state index >= 15 is 0 Å². The van der Waals surface area contributed by atoms with Gasteiger partial charge in [0.15, 0.2) is 0 Å². The minimum atomic E-state index is 0.642. The molecule has 3 nitrogen and oxygen atoms in total. The van der Waals surface area contributed by atoms with Crippen LogP contribution in [0.5, 0.6) is 5.75 Å². The largest absolute Gasteiger partial charge is 0.494 e. The molecule has 11 rings (SSSR count). The molecule has 0 aliphatic heterocycles. The summed E-state index contributed by atoms with van der Waals surface area (Å²) in [7, 11) is 0. The summed E-state index contributed by atoms with van der Waals surface area (Å²) in [6, 6.07) is 72.7. The van der Waals surface area contributed by atoms with Crippen LogP contribution in [0.4, 0.5) is 17.1 Å². The predicted molar refractivity (Wildman–Crippen MR) is 248 cm³/mol. The molecule has 2 aromatic heterocycles. The standard InChI is InChI=1S/C54H38N2OS/c1-2-57-45-29-27-43(28-30-45)55(41-13-7-4-8-14-41)42-23-19-38(20-24-42)39-21-31-50-48(33-39)49-35-47-40(22-32-53-54(47)46-15-9-10-16-52(46)58-53)34-51(49)56(50)44-25-17-37(18-26-44)36-11-5-3-6-12-36/h3-35H,2H2,1H3. The Morgan fingerprint density at radius 2 is 1.05 bits per heavy atom. The molecule has 0 unspecified atom stereocenters. The van der Waals surface area contributed by atoms with Crippen LogP contribution >= 0.6 is 11.3 Å². The molecule has 0 N–H and O–H groups in total. The van der Waals surface area contributed by atoms with E-state index in [2.05, 4.69) is 198 Å². The highest BCUT2D eigenvalue weighted by atomic mass is 32.1. The second-order valence-corrected chi connectivity index (χ2v) is 15.8. The molecule has 9 aromatic carbocycles. The van der Waals surface area contributed by atoms with Crippen molar-refractivity contribution in [1.82, 2.24) is 4.57 Å². The van der Waals surface area contributed by atoms with Crippen molar-refractivity contribution in [1.29, 1.82) is 0 Å². The van der Waals surface area contributed by atoms with Crippen molar-refractivity contribution in [3.63, 3.8) is 0 Å². The highest BCUT2D eigenvalue weighted by Gasteiger charge is 2.18. The smallest absolute Gasteiger partial charge is 0.119 e. The minimum absolute atomic E-state index is 0.642. The van der Waals surface area contributed by atoms with Crippen molar-refractivity contribution in [2.45, 2.75) is 6.92 Å². The number of para-hydroxylation sites is 1. The second-order valence-electron chi connectivity index (χ2n) is 14.8. The zero-order valence-corrected chi connectivity index (χ0v) is 32.8. The number of hydrogen-bond donors (Lipinski definition) is 0. The Hall–Kier alpha value is -7.14. The molecule has 0 aliphatic carbocycles. The number of benzene rings is 9. The van der Waals surface area contributed by atoms with E-state index in [1.807, 2.05) is 30.4 Å². The third kappa shape index (κ3) is 5.80. The van der Waals surface area contributed by atoms with Gasteiger partial charge in [-0.05, 0) is 137 Å². The molecule has 11 aromatic rings. The maximum absolute atomic E-state index is 5.76. The third-order valence-corrected chi connectivity index (χ3v) is 12.5. The first-order chi connectivity index (χ1) is 28.7. The lowest BCUT2D eigenvalue weighted by molar-refractivity contribution is 0.340. The van der Waals surface area contributed by atoms with Crippen LogP contribution in [0.3, 0.4) is 0 Å². The summed E-state index contributed by atoms with van der Waals surface area (Å²) < 4.78 is 10.8. The SMILES string of the molecule is CCOc1ccc(N(c2ccccc2)c2ccc(-c3ccc4c(c3)c3cc5c(ccc6sc7ccccc7c65)cc3n4-c3ccc(-c4ccccc4)cc3)cc2)cc1. The van der Waals surface area contributed by atoms with E-state index in [4.69, 9.17) is 4.74 Å². The van der Waals surface area contributed by atoms with Gasteiger partial charge in [0.1, 0.15) is 5.75 Å². The monoisotopic (exact) mass is 762 g/mol. The van der Waals surface area contributed by atoms with Gasteiger partial charge in [0.25, 0.3) is 0 Å². The van der Waals surface area contributed by atoms with Gasteiger partial charge in [0, 0.05) is 53.7 Å². The number of rotatable bonds is 8. The van der Waals surface area contributed by atoms with Crippen LogP contribution in [-0.2, 0) is 0 Å². The Bertz CT molecular complexity index is 3260. The van der Waals surface area contributed by atoms with Crippen molar-refractivity contribution in [2.75, 3.05) is 11.5 Å². The molecule has 2 heterocycles. The molecule has 0 radical (unpaired) electrons. The number of fused-ring (bicyclic) bond motifs is 8. The fourth-order valence-electron chi connectivity index (χ4n) is 8.64. The number of thiophene rings is 1. The number of ether oxygens (including phenoxy) is 1. The van der Waals surface area contributed by atoms with Crippen molar-refractivity contribution >= 4 is 81.1 Å². The molecule has 0 bridgehead atoms. The molecule has 0 amide bonds. The predicted octanol–water partition coefficient (Wildman–Crippen LogP) is 15.5. The van der Waals surface area contributed by atoms with Gasteiger partial charge in [-0.2, -0.15) is 0 Å². The fourth-order valence-corrected chi connectivity index (χ4v) is 9.76. The molecule has 4 heteroatoms. The van der Waals surface area contributed by atoms with Crippen molar-refractivity contribution in [2.24, 2.45) is 0 Å². The number of nitrogens with zero attached hydrogens (tertiary/aromatic N) is 2. The van der Waals surface area contributed by atoms with Gasteiger partial charge in [0.2, 0.25) is 0 Å². The molecular formula is C54H38N2OS. The summed E-state index contributed by atoms with van der Waals surface area (Å²) in [5.41, 5.74) is 11.6. The molecule has 276 valence electrons. The Labute approximate surface area is 341 Å². The lowest BCUT2D eigenvalue weighted by Crippen LogP contribution is -2.09. The van der Waals surface area contributed by atoms with Crippen LogP contribution in [0.25, 0.3) is 80.7 Å². The van der Waals surface area contributed by atoms with Crippen molar-refractivity contribution < 1.29 is 4.74 Å². The van der Waals surface area contributed by atoms with Crippen LogP contribution in [0.2, 0.25) is 0 Å². The maximum atomic E-state index is 5.76. The van der Waals surface area contributed by atoms with E-state index in [1.165, 1.54) is 75.0 Å². The van der Waals surface area contributed by atoms with E-state index in [1.54, 1.807) is 0 Å². The van der Waals surface area contributed by atoms with Crippen molar-refractivity contribution in [3.05, 3.63) is 200 Å². The van der Waals surface area contributed by atoms with E-state index in [-0.39, 0.29) is 0 Å². The first-order valence-corrected chi connectivity index (χ1v) is 20.7. The van der Waals surface area contributed by atoms with Crippen LogP contribution in [0.15, 0.2) is 200 Å². The van der Waals surface area contributed by atoms with Gasteiger partial charge in [-0.3, -0.25) is 0 Å². The fraction of sp³-hybridized carbons (Fsp3) is 0.0370. The average molecular weight is 763 g/mol. The quantitative estimate of drug-likeness (QED) is 0.153. The summed E-state index contributed by atoms with van der Waals surface area (Å²) in [6.07, 6.45) is 0. The molecule has 0 saturated carbocycles. The highest BCUT2D eigenvalue weighted by Crippen LogP contribution is 2.43. The Kier molecular flexibility index (Phi) is 8.30. The molecule has 58 heavy (non-hydrogen) atoms. The number of anilines is 3. The first-order valence-electron chi connectivity index (χ1n) is 19.9. The molecule has 0 spiro atoms. The normalized spacial score (nSPS) is 11.6. The van der Waals surface area contributed by atoms with Gasteiger partial charge in [-0.15, -0.1) is 11.3 Å². The minimum Gasteiger partial charge on any atom is -0.494 e. The summed E-state index contributed by atoms with van der Waals surface area (Å²) in [6.45, 7) is 2.65. The Morgan fingerprint density at radius 1 is 0.448 bits per heavy atom. The van der Waals surface area contributed by atoms with E-state index < -0.39 is 0 Å². The third-order valence-electron chi connectivity index (χ3n) is 11.4. The number of aromatic nitrogens is 1. The molecule has 0 fully saturated rings.